The number of nitro groups is 1. The first kappa shape index (κ1) is 18.3. The molecule has 1 aliphatic heterocycles. The molecule has 4 rings (SSSR count). The van der Waals surface area contributed by atoms with E-state index in [-0.39, 0.29) is 35.2 Å². The number of aryl methyl sites for hydroxylation is 2. The predicted octanol–water partition coefficient (Wildman–Crippen LogP) is 4.12. The number of ether oxygens (including phenoxy) is 2. The molecule has 2 heterocycles. The molecule has 0 aliphatic carbocycles. The smallest absolute Gasteiger partial charge is 0.281 e. The fourth-order valence-corrected chi connectivity index (χ4v) is 3.43. The van der Waals surface area contributed by atoms with E-state index in [1.807, 2.05) is 38.1 Å². The van der Waals surface area contributed by atoms with E-state index in [0.717, 1.165) is 16.7 Å². The van der Waals surface area contributed by atoms with Gasteiger partial charge in [-0.1, -0.05) is 23.8 Å². The molecule has 0 saturated carbocycles. The fourth-order valence-electron chi connectivity index (χ4n) is 3.43. The zero-order chi connectivity index (χ0) is 20.7. The number of fused-ring (bicyclic) bond motifs is 1. The summed E-state index contributed by atoms with van der Waals surface area (Å²) in [5, 5.41) is 21.3. The van der Waals surface area contributed by atoms with Gasteiger partial charge in [-0.15, -0.1) is 0 Å². The van der Waals surface area contributed by atoms with E-state index in [4.69, 9.17) is 15.2 Å². The largest absolute Gasteiger partial charge is 0.454 e. The Bertz CT molecular complexity index is 1210. The third-order valence-corrected chi connectivity index (χ3v) is 4.79. The molecule has 1 aromatic heterocycles. The maximum Gasteiger partial charge on any atom is 0.281 e. The third kappa shape index (κ3) is 3.08. The first-order valence-corrected chi connectivity index (χ1v) is 8.75. The zero-order valence-corrected chi connectivity index (χ0v) is 15.7. The van der Waals surface area contributed by atoms with Gasteiger partial charge in [-0.05, 0) is 31.5 Å². The van der Waals surface area contributed by atoms with E-state index >= 15 is 0 Å². The minimum Gasteiger partial charge on any atom is -0.454 e. The summed E-state index contributed by atoms with van der Waals surface area (Å²) in [4.78, 5) is 15.6. The quantitative estimate of drug-likeness (QED) is 0.528. The molecule has 8 nitrogen and oxygen atoms in total. The molecule has 29 heavy (non-hydrogen) atoms. The maximum atomic E-state index is 11.7. The van der Waals surface area contributed by atoms with Gasteiger partial charge in [0.15, 0.2) is 11.5 Å². The summed E-state index contributed by atoms with van der Waals surface area (Å²) in [6.07, 6.45) is 0. The van der Waals surface area contributed by atoms with Gasteiger partial charge in [0.1, 0.15) is 17.5 Å². The van der Waals surface area contributed by atoms with Crippen LogP contribution in [0.2, 0.25) is 0 Å². The average molecular weight is 388 g/mol. The van der Waals surface area contributed by atoms with Gasteiger partial charge in [0, 0.05) is 11.1 Å². The molecule has 2 N–H and O–H groups in total. The van der Waals surface area contributed by atoms with Crippen molar-refractivity contribution in [3.05, 3.63) is 63.2 Å². The minimum atomic E-state index is -0.522. The second-order valence-corrected chi connectivity index (χ2v) is 6.73. The second kappa shape index (κ2) is 6.80. The number of aromatic nitrogens is 1. The molecule has 0 fully saturated rings. The van der Waals surface area contributed by atoms with Crippen LogP contribution in [-0.4, -0.2) is 16.7 Å². The number of pyridine rings is 1. The number of hydrogen-bond acceptors (Lipinski definition) is 7. The summed E-state index contributed by atoms with van der Waals surface area (Å²) < 4.78 is 10.6. The number of nitro benzene ring substituents is 1. The maximum absolute atomic E-state index is 11.7. The molecule has 3 aromatic rings. The summed E-state index contributed by atoms with van der Waals surface area (Å²) in [7, 11) is 0. The number of nitrogens with zero attached hydrogens (tertiary/aromatic N) is 3. The Morgan fingerprint density at radius 1 is 1.10 bits per heavy atom. The predicted molar refractivity (Wildman–Crippen MR) is 106 cm³/mol. The highest BCUT2D eigenvalue weighted by Crippen LogP contribution is 2.44. The first-order chi connectivity index (χ1) is 13.9. The van der Waals surface area contributed by atoms with Crippen LogP contribution >= 0.6 is 0 Å². The Labute approximate surface area is 166 Å². The molecule has 0 amide bonds. The van der Waals surface area contributed by atoms with E-state index < -0.39 is 4.92 Å². The van der Waals surface area contributed by atoms with Crippen molar-refractivity contribution in [2.45, 2.75) is 13.8 Å². The molecule has 1 aliphatic rings. The molecule has 0 atom stereocenters. The van der Waals surface area contributed by atoms with Gasteiger partial charge in [0.05, 0.1) is 22.2 Å². The third-order valence-electron chi connectivity index (χ3n) is 4.79. The summed E-state index contributed by atoms with van der Waals surface area (Å²) in [6.45, 7) is 3.91. The van der Waals surface area contributed by atoms with Gasteiger partial charge >= 0.3 is 0 Å². The molecule has 0 radical (unpaired) electrons. The minimum absolute atomic E-state index is 0.00643. The lowest BCUT2D eigenvalue weighted by atomic mass is 9.95. The van der Waals surface area contributed by atoms with Crippen molar-refractivity contribution in [1.82, 2.24) is 4.98 Å². The summed E-state index contributed by atoms with van der Waals surface area (Å²) in [5.41, 5.74) is 9.90. The Hall–Kier alpha value is -4.12. The lowest BCUT2D eigenvalue weighted by Gasteiger charge is -2.13. The van der Waals surface area contributed by atoms with Crippen molar-refractivity contribution in [2.75, 3.05) is 12.5 Å². The number of anilines is 1. The normalized spacial score (nSPS) is 11.9. The highest BCUT2D eigenvalue weighted by Gasteiger charge is 2.27. The Morgan fingerprint density at radius 3 is 2.48 bits per heavy atom. The molecular formula is C21H16N4O4. The number of benzene rings is 2. The number of hydrogen-bond donors (Lipinski definition) is 1. The van der Waals surface area contributed by atoms with Crippen LogP contribution in [-0.2, 0) is 0 Å². The van der Waals surface area contributed by atoms with Gasteiger partial charge in [-0.2, -0.15) is 5.26 Å². The van der Waals surface area contributed by atoms with E-state index in [1.54, 1.807) is 6.07 Å². The molecule has 8 heteroatoms. The summed E-state index contributed by atoms with van der Waals surface area (Å²) in [5.74, 6) is 0.667. The van der Waals surface area contributed by atoms with Crippen LogP contribution in [0.15, 0.2) is 36.4 Å². The van der Waals surface area contributed by atoms with Gasteiger partial charge in [0.2, 0.25) is 6.79 Å². The lowest BCUT2D eigenvalue weighted by Crippen LogP contribution is -2.02. The van der Waals surface area contributed by atoms with E-state index in [0.29, 0.717) is 17.0 Å². The van der Waals surface area contributed by atoms with Crippen molar-refractivity contribution in [3.8, 4) is 40.0 Å². The number of nitriles is 1. The van der Waals surface area contributed by atoms with Crippen molar-refractivity contribution in [1.29, 1.82) is 5.26 Å². The van der Waals surface area contributed by atoms with Gasteiger partial charge < -0.3 is 15.2 Å². The molecular weight excluding hydrogens is 372 g/mol. The average Bonchev–Trinajstić information content (AvgIpc) is 3.13. The molecule has 0 spiro atoms. The van der Waals surface area contributed by atoms with Crippen LogP contribution in [0, 0.1) is 35.3 Å². The summed E-state index contributed by atoms with van der Waals surface area (Å²) in [6, 6.07) is 12.3. The van der Waals surface area contributed by atoms with Crippen molar-refractivity contribution in [2.24, 2.45) is 0 Å². The topological polar surface area (TPSA) is 124 Å². The highest BCUT2D eigenvalue weighted by atomic mass is 16.7. The van der Waals surface area contributed by atoms with Crippen molar-refractivity contribution >= 4 is 11.5 Å². The molecule has 0 saturated heterocycles. The van der Waals surface area contributed by atoms with E-state index in [1.165, 1.54) is 12.1 Å². The Balaban J connectivity index is 2.01. The van der Waals surface area contributed by atoms with Crippen LogP contribution in [0.3, 0.4) is 0 Å². The Kier molecular flexibility index (Phi) is 4.28. The van der Waals surface area contributed by atoms with Gasteiger partial charge in [0.25, 0.3) is 5.69 Å². The summed E-state index contributed by atoms with van der Waals surface area (Å²) >= 11 is 0. The van der Waals surface area contributed by atoms with E-state index in [2.05, 4.69) is 4.98 Å². The lowest BCUT2D eigenvalue weighted by molar-refractivity contribution is -0.384. The SMILES string of the molecule is Cc1ccc(-c2cc(-c3cc4c(cc3[N+](=O)[O-])OCO4)c(C#N)c(N)n2)c(C)c1. The van der Waals surface area contributed by atoms with Crippen LogP contribution in [0.25, 0.3) is 22.4 Å². The number of rotatable bonds is 3. The first-order valence-electron chi connectivity index (χ1n) is 8.75. The van der Waals surface area contributed by atoms with Crippen LogP contribution in [0.5, 0.6) is 11.5 Å². The highest BCUT2D eigenvalue weighted by molar-refractivity contribution is 5.86. The number of nitrogen functional groups attached to an aromatic ring is 1. The second-order valence-electron chi connectivity index (χ2n) is 6.73. The Morgan fingerprint density at radius 2 is 1.83 bits per heavy atom. The van der Waals surface area contributed by atoms with Crippen molar-refractivity contribution < 1.29 is 14.4 Å². The zero-order valence-electron chi connectivity index (χ0n) is 15.7. The van der Waals surface area contributed by atoms with Gasteiger partial charge in [-0.25, -0.2) is 4.98 Å². The monoisotopic (exact) mass is 388 g/mol. The molecule has 2 aromatic carbocycles. The molecule has 0 bridgehead atoms. The van der Waals surface area contributed by atoms with Gasteiger partial charge in [-0.3, -0.25) is 10.1 Å². The van der Waals surface area contributed by atoms with Crippen LogP contribution in [0.4, 0.5) is 11.5 Å². The fraction of sp³-hybridized carbons (Fsp3) is 0.143. The molecule has 144 valence electrons. The van der Waals surface area contributed by atoms with Crippen LogP contribution in [0.1, 0.15) is 16.7 Å². The molecule has 0 unspecified atom stereocenters. The van der Waals surface area contributed by atoms with Crippen molar-refractivity contribution in [3.63, 3.8) is 0 Å². The standard InChI is InChI=1S/C21H16N4O4/c1-11-3-4-13(12(2)5-11)17-6-14(16(9-22)21(23)24-17)15-7-19-20(29-10-28-19)8-18(15)25(26)27/h3-8H,10H2,1-2H3,(H2,23,24). The number of nitrogens with two attached hydrogens (primary N) is 1. The van der Waals surface area contributed by atoms with Crippen LogP contribution < -0.4 is 15.2 Å². The van der Waals surface area contributed by atoms with E-state index in [9.17, 15) is 15.4 Å².